The Morgan fingerprint density at radius 2 is 1.84 bits per heavy atom. The number of anilines is 1. The molecule has 0 aliphatic rings. The van der Waals surface area contributed by atoms with Crippen LogP contribution in [0.5, 0.6) is 0 Å². The molecule has 0 unspecified atom stereocenters. The average Bonchev–Trinajstić information content (AvgIpc) is 2.39. The number of rotatable bonds is 6. The highest BCUT2D eigenvalue weighted by Gasteiger charge is 2.11. The summed E-state index contributed by atoms with van der Waals surface area (Å²) in [6, 6.07) is 1.27. The van der Waals surface area contributed by atoms with E-state index in [1.807, 2.05) is 13.8 Å². The molecule has 0 radical (unpaired) electrons. The van der Waals surface area contributed by atoms with E-state index in [2.05, 4.69) is 11.9 Å². The number of amides is 1. The largest absolute Gasteiger partial charge is 0.332 e. The van der Waals surface area contributed by atoms with Gasteiger partial charge in [0.05, 0.1) is 0 Å². The summed E-state index contributed by atoms with van der Waals surface area (Å²) in [4.78, 5) is 35.4. The third kappa shape index (κ3) is 3.43. The third-order valence-electron chi connectivity index (χ3n) is 2.61. The van der Waals surface area contributed by atoms with Gasteiger partial charge in [-0.25, -0.2) is 4.79 Å². The van der Waals surface area contributed by atoms with E-state index in [9.17, 15) is 14.4 Å². The summed E-state index contributed by atoms with van der Waals surface area (Å²) >= 11 is 0. The molecule has 0 aliphatic carbocycles. The maximum atomic E-state index is 12.2. The summed E-state index contributed by atoms with van der Waals surface area (Å²) < 4.78 is 2.58. The molecule has 0 fully saturated rings. The van der Waals surface area contributed by atoms with Crippen LogP contribution in [0, 0.1) is 0 Å². The fourth-order valence-electron chi connectivity index (χ4n) is 1.77. The molecule has 0 saturated carbocycles. The molecule has 104 valence electrons. The van der Waals surface area contributed by atoms with E-state index in [0.717, 1.165) is 12.5 Å². The minimum atomic E-state index is -0.447. The second-order valence-corrected chi connectivity index (χ2v) is 4.15. The number of nitrogens with one attached hydrogen (secondary N) is 1. The van der Waals surface area contributed by atoms with Crippen LogP contribution in [0.3, 0.4) is 0 Å². The van der Waals surface area contributed by atoms with Gasteiger partial charge in [0.25, 0.3) is 5.56 Å². The number of hydrogen-bond donors (Lipinski definition) is 1. The zero-order valence-electron chi connectivity index (χ0n) is 11.3. The zero-order chi connectivity index (χ0) is 14.4. The quantitative estimate of drug-likeness (QED) is 0.778. The molecule has 1 aromatic rings. The van der Waals surface area contributed by atoms with Gasteiger partial charge in [0.2, 0.25) is 5.91 Å². The summed E-state index contributed by atoms with van der Waals surface area (Å²) in [6.45, 7) is 7.96. The number of aromatic nitrogens is 2. The molecule has 1 N–H and O–H groups in total. The van der Waals surface area contributed by atoms with E-state index in [1.165, 1.54) is 15.2 Å². The van der Waals surface area contributed by atoms with Crippen molar-refractivity contribution in [2.24, 2.45) is 0 Å². The Morgan fingerprint density at radius 3 is 2.37 bits per heavy atom. The van der Waals surface area contributed by atoms with Gasteiger partial charge in [0.1, 0.15) is 5.82 Å². The van der Waals surface area contributed by atoms with Crippen molar-refractivity contribution in [1.29, 1.82) is 0 Å². The Balaban J connectivity index is 3.38. The Morgan fingerprint density at radius 1 is 1.26 bits per heavy atom. The van der Waals surface area contributed by atoms with Crippen molar-refractivity contribution >= 4 is 11.7 Å². The summed E-state index contributed by atoms with van der Waals surface area (Å²) in [7, 11) is 0. The molecule has 0 bridgehead atoms. The van der Waals surface area contributed by atoms with Gasteiger partial charge in [-0.15, -0.1) is 0 Å². The minimum Gasteiger partial charge on any atom is -0.308 e. The molecule has 19 heavy (non-hydrogen) atoms. The monoisotopic (exact) mass is 265 g/mol. The SMILES string of the molecule is C=CC(=O)Nc1cc(=O)n(CCC)c(=O)n1CCC. The lowest BCUT2D eigenvalue weighted by Gasteiger charge is -2.14. The van der Waals surface area contributed by atoms with Crippen molar-refractivity contribution in [3.8, 4) is 0 Å². The van der Waals surface area contributed by atoms with Crippen molar-refractivity contribution < 1.29 is 4.79 Å². The number of carbonyl (C=O) groups excluding carboxylic acids is 1. The minimum absolute atomic E-state index is 0.217. The topological polar surface area (TPSA) is 73.1 Å². The fraction of sp³-hybridized carbons (Fsp3) is 0.462. The number of carbonyl (C=O) groups is 1. The zero-order valence-corrected chi connectivity index (χ0v) is 11.3. The maximum absolute atomic E-state index is 12.2. The van der Waals surface area contributed by atoms with Crippen LogP contribution >= 0.6 is 0 Å². The van der Waals surface area contributed by atoms with Crippen LogP contribution in [0.1, 0.15) is 26.7 Å². The van der Waals surface area contributed by atoms with Gasteiger partial charge < -0.3 is 5.32 Å². The Kier molecular flexibility index (Phi) is 5.29. The first-order valence-electron chi connectivity index (χ1n) is 6.33. The highest BCUT2D eigenvalue weighted by atomic mass is 16.2. The highest BCUT2D eigenvalue weighted by molar-refractivity contribution is 5.98. The summed E-state index contributed by atoms with van der Waals surface area (Å²) in [6.07, 6.45) is 2.51. The highest BCUT2D eigenvalue weighted by Crippen LogP contribution is 2.03. The fourth-order valence-corrected chi connectivity index (χ4v) is 1.77. The van der Waals surface area contributed by atoms with Crippen LogP contribution in [0.15, 0.2) is 28.3 Å². The van der Waals surface area contributed by atoms with Crippen LogP contribution in [0.2, 0.25) is 0 Å². The van der Waals surface area contributed by atoms with Gasteiger partial charge in [-0.2, -0.15) is 0 Å². The third-order valence-corrected chi connectivity index (χ3v) is 2.61. The van der Waals surface area contributed by atoms with Gasteiger partial charge >= 0.3 is 5.69 Å². The lowest BCUT2D eigenvalue weighted by molar-refractivity contribution is -0.111. The van der Waals surface area contributed by atoms with E-state index < -0.39 is 17.2 Å². The van der Waals surface area contributed by atoms with E-state index in [0.29, 0.717) is 19.5 Å². The molecule has 1 amide bonds. The predicted molar refractivity (Wildman–Crippen MR) is 74.4 cm³/mol. The number of nitrogens with zero attached hydrogens (tertiary/aromatic N) is 2. The molecular weight excluding hydrogens is 246 g/mol. The molecule has 1 aromatic heterocycles. The second kappa shape index (κ2) is 6.72. The van der Waals surface area contributed by atoms with E-state index in [4.69, 9.17) is 0 Å². The molecule has 1 heterocycles. The lowest BCUT2D eigenvalue weighted by Crippen LogP contribution is -2.40. The summed E-state index contributed by atoms with van der Waals surface area (Å²) in [5.41, 5.74) is -0.797. The number of hydrogen-bond acceptors (Lipinski definition) is 3. The lowest BCUT2D eigenvalue weighted by atomic mass is 10.4. The standard InChI is InChI=1S/C13H19N3O3/c1-4-7-15-10(14-11(17)6-3)9-12(18)16(8-5-2)13(15)19/h6,9H,3-5,7-8H2,1-2H3,(H,14,17). The van der Waals surface area contributed by atoms with Crippen molar-refractivity contribution in [2.45, 2.75) is 39.8 Å². The van der Waals surface area contributed by atoms with Crippen molar-refractivity contribution in [3.63, 3.8) is 0 Å². The molecule has 0 aromatic carbocycles. The summed E-state index contributed by atoms with van der Waals surface area (Å²) in [5.74, 6) is -0.231. The maximum Gasteiger partial charge on any atom is 0.332 e. The van der Waals surface area contributed by atoms with Gasteiger partial charge in [0.15, 0.2) is 0 Å². The second-order valence-electron chi connectivity index (χ2n) is 4.15. The van der Waals surface area contributed by atoms with Crippen LogP contribution < -0.4 is 16.6 Å². The van der Waals surface area contributed by atoms with E-state index in [1.54, 1.807) is 0 Å². The predicted octanol–water partition coefficient (Wildman–Crippen LogP) is 0.954. The Hall–Kier alpha value is -2.11. The molecule has 1 rings (SSSR count). The first-order chi connectivity index (χ1) is 9.04. The van der Waals surface area contributed by atoms with Crippen LogP contribution in [-0.2, 0) is 17.9 Å². The van der Waals surface area contributed by atoms with Crippen molar-refractivity contribution in [1.82, 2.24) is 9.13 Å². The van der Waals surface area contributed by atoms with Crippen molar-refractivity contribution in [3.05, 3.63) is 39.6 Å². The smallest absolute Gasteiger partial charge is 0.308 e. The van der Waals surface area contributed by atoms with Gasteiger partial charge in [-0.3, -0.25) is 18.7 Å². The van der Waals surface area contributed by atoms with Gasteiger partial charge in [-0.1, -0.05) is 20.4 Å². The normalized spacial score (nSPS) is 10.2. The van der Waals surface area contributed by atoms with Crippen LogP contribution in [-0.4, -0.2) is 15.0 Å². The molecule has 0 saturated heterocycles. The van der Waals surface area contributed by atoms with Gasteiger partial charge in [-0.05, 0) is 18.9 Å². The Labute approximate surface area is 111 Å². The molecule has 6 heteroatoms. The molecule has 0 aliphatic heterocycles. The van der Waals surface area contributed by atoms with Crippen LogP contribution in [0.25, 0.3) is 0 Å². The summed E-state index contributed by atoms with van der Waals surface area (Å²) in [5, 5.41) is 2.49. The molecule has 6 nitrogen and oxygen atoms in total. The first kappa shape index (κ1) is 14.9. The molecular formula is C13H19N3O3. The molecule has 0 spiro atoms. The van der Waals surface area contributed by atoms with E-state index in [-0.39, 0.29) is 5.82 Å². The van der Waals surface area contributed by atoms with Crippen LogP contribution in [0.4, 0.5) is 5.82 Å². The average molecular weight is 265 g/mol. The Bertz CT molecular complexity index is 584. The van der Waals surface area contributed by atoms with E-state index >= 15 is 0 Å². The molecule has 0 atom stereocenters. The first-order valence-corrected chi connectivity index (χ1v) is 6.33. The van der Waals surface area contributed by atoms with Crippen molar-refractivity contribution in [2.75, 3.05) is 5.32 Å². The van der Waals surface area contributed by atoms with Gasteiger partial charge in [0, 0.05) is 19.2 Å².